The van der Waals surface area contributed by atoms with E-state index in [2.05, 4.69) is 5.32 Å². The van der Waals surface area contributed by atoms with Gasteiger partial charge >= 0.3 is 0 Å². The molecular weight excluding hydrogens is 286 g/mol. The topological polar surface area (TPSA) is 52.9 Å². The van der Waals surface area contributed by atoms with Crippen molar-refractivity contribution in [2.24, 2.45) is 0 Å². The highest BCUT2D eigenvalue weighted by Crippen LogP contribution is 2.16. The van der Waals surface area contributed by atoms with Gasteiger partial charge < -0.3 is 5.32 Å². The quantitative estimate of drug-likeness (QED) is 0.692. The summed E-state index contributed by atoms with van der Waals surface area (Å²) in [5.41, 5.74) is 0.990. The number of nitrogens with zero attached hydrogens (tertiary/aromatic N) is 1. The standard InChI is InChI=1S/C17H12F2N2O/c1-11-4-2-6-14(8-11)21-17(22)13(10-20)9-12-5-3-7-15(18)16(12)19/h2-9H,1H3,(H,21,22)/b13-9-. The van der Waals surface area contributed by atoms with Crippen molar-refractivity contribution in [3.8, 4) is 6.07 Å². The number of halogens is 2. The van der Waals surface area contributed by atoms with E-state index >= 15 is 0 Å². The van der Waals surface area contributed by atoms with Gasteiger partial charge in [0.05, 0.1) is 0 Å². The number of hydrogen-bond donors (Lipinski definition) is 1. The second-order valence-corrected chi connectivity index (χ2v) is 4.64. The van der Waals surface area contributed by atoms with E-state index in [1.807, 2.05) is 13.0 Å². The molecule has 22 heavy (non-hydrogen) atoms. The van der Waals surface area contributed by atoms with E-state index in [4.69, 9.17) is 5.26 Å². The highest BCUT2D eigenvalue weighted by Gasteiger charge is 2.12. The first-order valence-corrected chi connectivity index (χ1v) is 6.45. The lowest BCUT2D eigenvalue weighted by molar-refractivity contribution is -0.112. The van der Waals surface area contributed by atoms with Gasteiger partial charge in [0.15, 0.2) is 11.6 Å². The summed E-state index contributed by atoms with van der Waals surface area (Å²) < 4.78 is 26.7. The third kappa shape index (κ3) is 3.55. The number of aryl methyl sites for hydroxylation is 1. The van der Waals surface area contributed by atoms with E-state index in [1.165, 1.54) is 12.1 Å². The molecule has 0 aliphatic carbocycles. The zero-order valence-electron chi connectivity index (χ0n) is 11.7. The summed E-state index contributed by atoms with van der Waals surface area (Å²) in [6, 6.07) is 12.3. The minimum atomic E-state index is -1.10. The Bertz CT molecular complexity index is 791. The number of rotatable bonds is 3. The molecule has 5 heteroatoms. The zero-order valence-corrected chi connectivity index (χ0v) is 11.7. The predicted molar refractivity (Wildman–Crippen MR) is 79.8 cm³/mol. The van der Waals surface area contributed by atoms with Gasteiger partial charge in [0.1, 0.15) is 11.6 Å². The van der Waals surface area contributed by atoms with Crippen molar-refractivity contribution in [1.29, 1.82) is 5.26 Å². The van der Waals surface area contributed by atoms with Crippen molar-refractivity contribution in [2.75, 3.05) is 5.32 Å². The maximum Gasteiger partial charge on any atom is 0.266 e. The monoisotopic (exact) mass is 298 g/mol. The summed E-state index contributed by atoms with van der Waals surface area (Å²) in [7, 11) is 0. The van der Waals surface area contributed by atoms with E-state index < -0.39 is 17.5 Å². The van der Waals surface area contributed by atoms with Crippen LogP contribution >= 0.6 is 0 Å². The van der Waals surface area contributed by atoms with Crippen LogP contribution in [-0.2, 0) is 4.79 Å². The van der Waals surface area contributed by atoms with Crippen molar-refractivity contribution in [3.63, 3.8) is 0 Å². The molecule has 1 N–H and O–H groups in total. The lowest BCUT2D eigenvalue weighted by Crippen LogP contribution is -2.13. The van der Waals surface area contributed by atoms with Crippen molar-refractivity contribution in [1.82, 2.24) is 0 Å². The number of amides is 1. The number of benzene rings is 2. The first-order chi connectivity index (χ1) is 10.5. The molecule has 0 bridgehead atoms. The Morgan fingerprint density at radius 1 is 1.23 bits per heavy atom. The van der Waals surface area contributed by atoms with Gasteiger partial charge in [-0.15, -0.1) is 0 Å². The van der Waals surface area contributed by atoms with E-state index in [0.29, 0.717) is 5.69 Å². The molecule has 1 amide bonds. The molecule has 2 aromatic carbocycles. The molecule has 0 atom stereocenters. The molecule has 0 saturated heterocycles. The molecule has 0 fully saturated rings. The van der Waals surface area contributed by atoms with Gasteiger partial charge in [-0.05, 0) is 36.8 Å². The molecule has 110 valence electrons. The number of nitrogens with one attached hydrogen (secondary N) is 1. The number of carbonyl (C=O) groups is 1. The summed E-state index contributed by atoms with van der Waals surface area (Å²) >= 11 is 0. The minimum Gasteiger partial charge on any atom is -0.321 e. The van der Waals surface area contributed by atoms with Crippen LogP contribution in [0.2, 0.25) is 0 Å². The Labute approximate surface area is 126 Å². The van der Waals surface area contributed by atoms with E-state index in [0.717, 1.165) is 17.7 Å². The second-order valence-electron chi connectivity index (χ2n) is 4.64. The molecule has 0 saturated carbocycles. The average molecular weight is 298 g/mol. The Kier molecular flexibility index (Phi) is 4.64. The normalized spacial score (nSPS) is 10.9. The van der Waals surface area contributed by atoms with Crippen LogP contribution in [0.3, 0.4) is 0 Å². The largest absolute Gasteiger partial charge is 0.321 e. The number of nitriles is 1. The molecule has 2 aromatic rings. The fourth-order valence-electron chi connectivity index (χ4n) is 1.86. The van der Waals surface area contributed by atoms with Gasteiger partial charge in [0, 0.05) is 11.3 Å². The van der Waals surface area contributed by atoms with Gasteiger partial charge in [-0.2, -0.15) is 5.26 Å². The van der Waals surface area contributed by atoms with Crippen LogP contribution < -0.4 is 5.32 Å². The van der Waals surface area contributed by atoms with Crippen molar-refractivity contribution in [2.45, 2.75) is 6.92 Å². The van der Waals surface area contributed by atoms with Crippen LogP contribution in [0.25, 0.3) is 6.08 Å². The van der Waals surface area contributed by atoms with Crippen LogP contribution in [0.1, 0.15) is 11.1 Å². The second kappa shape index (κ2) is 6.64. The molecule has 0 aromatic heterocycles. The fraction of sp³-hybridized carbons (Fsp3) is 0.0588. The average Bonchev–Trinajstić information content (AvgIpc) is 2.48. The Morgan fingerprint density at radius 2 is 1.95 bits per heavy atom. The molecule has 0 spiro atoms. The molecule has 3 nitrogen and oxygen atoms in total. The first-order valence-electron chi connectivity index (χ1n) is 6.45. The highest BCUT2D eigenvalue weighted by molar-refractivity contribution is 6.09. The maximum absolute atomic E-state index is 13.6. The van der Waals surface area contributed by atoms with Crippen LogP contribution in [-0.4, -0.2) is 5.91 Å². The molecule has 0 unspecified atom stereocenters. The summed E-state index contributed by atoms with van der Waals surface area (Å²) in [5.74, 6) is -2.82. The van der Waals surface area contributed by atoms with Gasteiger partial charge in [-0.1, -0.05) is 24.3 Å². The van der Waals surface area contributed by atoms with E-state index in [-0.39, 0.29) is 11.1 Å². The Morgan fingerprint density at radius 3 is 2.64 bits per heavy atom. The van der Waals surface area contributed by atoms with Crippen molar-refractivity contribution in [3.05, 3.63) is 70.8 Å². The SMILES string of the molecule is Cc1cccc(NC(=O)/C(C#N)=C\c2cccc(F)c2F)c1. The lowest BCUT2D eigenvalue weighted by Gasteiger charge is -2.05. The molecule has 0 heterocycles. The summed E-state index contributed by atoms with van der Waals surface area (Å²) in [6.07, 6.45) is 1.02. The molecular formula is C17H12F2N2O. The van der Waals surface area contributed by atoms with Crippen LogP contribution in [0, 0.1) is 29.9 Å². The van der Waals surface area contributed by atoms with Gasteiger partial charge in [-0.3, -0.25) is 4.79 Å². The molecule has 2 rings (SSSR count). The summed E-state index contributed by atoms with van der Waals surface area (Å²) in [6.45, 7) is 1.86. The zero-order chi connectivity index (χ0) is 16.1. The van der Waals surface area contributed by atoms with Crippen LogP contribution in [0.4, 0.5) is 14.5 Å². The third-order valence-corrected chi connectivity index (χ3v) is 2.92. The van der Waals surface area contributed by atoms with Gasteiger partial charge in [-0.25, -0.2) is 8.78 Å². The number of anilines is 1. The fourth-order valence-corrected chi connectivity index (χ4v) is 1.86. The Hall–Kier alpha value is -3.00. The number of carbonyl (C=O) groups excluding carboxylic acids is 1. The smallest absolute Gasteiger partial charge is 0.266 e. The Balaban J connectivity index is 2.28. The summed E-state index contributed by atoms with van der Waals surface area (Å²) in [4.78, 5) is 12.0. The lowest BCUT2D eigenvalue weighted by atomic mass is 10.1. The minimum absolute atomic E-state index is 0.157. The van der Waals surface area contributed by atoms with E-state index in [9.17, 15) is 13.6 Å². The van der Waals surface area contributed by atoms with Gasteiger partial charge in [0.2, 0.25) is 0 Å². The van der Waals surface area contributed by atoms with Gasteiger partial charge in [0.25, 0.3) is 5.91 Å². The maximum atomic E-state index is 13.6. The number of hydrogen-bond acceptors (Lipinski definition) is 2. The highest BCUT2D eigenvalue weighted by atomic mass is 19.2. The summed E-state index contributed by atoms with van der Waals surface area (Å²) in [5, 5.41) is 11.6. The first kappa shape index (κ1) is 15.4. The molecule has 0 aliphatic heterocycles. The predicted octanol–water partition coefficient (Wildman–Crippen LogP) is 3.82. The van der Waals surface area contributed by atoms with Crippen LogP contribution in [0.15, 0.2) is 48.0 Å². The van der Waals surface area contributed by atoms with Crippen LogP contribution in [0.5, 0.6) is 0 Å². The molecule has 0 radical (unpaired) electrons. The molecule has 0 aliphatic rings. The van der Waals surface area contributed by atoms with Crippen molar-refractivity contribution < 1.29 is 13.6 Å². The van der Waals surface area contributed by atoms with Crippen molar-refractivity contribution >= 4 is 17.7 Å². The third-order valence-electron chi connectivity index (χ3n) is 2.92. The van der Waals surface area contributed by atoms with E-state index in [1.54, 1.807) is 24.3 Å².